The van der Waals surface area contributed by atoms with Crippen LogP contribution in [-0.2, 0) is 11.3 Å². The first-order valence-electron chi connectivity index (χ1n) is 8.79. The third-order valence-corrected chi connectivity index (χ3v) is 4.66. The van der Waals surface area contributed by atoms with Crippen molar-refractivity contribution in [1.29, 1.82) is 0 Å². The molecule has 1 N–H and O–H groups in total. The van der Waals surface area contributed by atoms with E-state index in [-0.39, 0.29) is 6.10 Å². The van der Waals surface area contributed by atoms with Crippen LogP contribution in [0.3, 0.4) is 0 Å². The third-order valence-electron chi connectivity index (χ3n) is 4.66. The Morgan fingerprint density at radius 3 is 2.96 bits per heavy atom. The first-order valence-corrected chi connectivity index (χ1v) is 8.79. The van der Waals surface area contributed by atoms with Crippen molar-refractivity contribution in [2.75, 3.05) is 32.1 Å². The summed E-state index contributed by atoms with van der Waals surface area (Å²) in [6.07, 6.45) is 5.21. The molecule has 1 aliphatic heterocycles. The molecule has 3 aromatic rings. The Morgan fingerprint density at radius 1 is 1.27 bits per heavy atom. The summed E-state index contributed by atoms with van der Waals surface area (Å²) in [5.41, 5.74) is 5.02. The van der Waals surface area contributed by atoms with E-state index in [4.69, 9.17) is 4.74 Å². The molecule has 1 atom stereocenters. The smallest absolute Gasteiger partial charge is 0.159 e. The highest BCUT2D eigenvalue weighted by Crippen LogP contribution is 2.26. The zero-order chi connectivity index (χ0) is 18.1. The summed E-state index contributed by atoms with van der Waals surface area (Å²) in [5, 5.41) is 7.59. The second-order valence-electron chi connectivity index (χ2n) is 6.58. The highest BCUT2D eigenvalue weighted by atomic mass is 16.5. The van der Waals surface area contributed by atoms with Gasteiger partial charge in [-0.25, -0.2) is 14.5 Å². The minimum Gasteiger partial charge on any atom is -0.372 e. The van der Waals surface area contributed by atoms with Crippen LogP contribution in [0, 0.1) is 13.8 Å². The summed E-state index contributed by atoms with van der Waals surface area (Å²) in [4.78, 5) is 15.8. The van der Waals surface area contributed by atoms with Gasteiger partial charge in [0, 0.05) is 56.0 Å². The molecule has 3 aromatic heterocycles. The van der Waals surface area contributed by atoms with Crippen molar-refractivity contribution in [2.45, 2.75) is 26.5 Å². The van der Waals surface area contributed by atoms with Crippen LogP contribution in [0.1, 0.15) is 28.7 Å². The highest BCUT2D eigenvalue weighted by Gasteiger charge is 2.26. The molecule has 8 nitrogen and oxygen atoms in total. The van der Waals surface area contributed by atoms with Gasteiger partial charge in [0.1, 0.15) is 17.6 Å². The van der Waals surface area contributed by atoms with Gasteiger partial charge in [-0.1, -0.05) is 0 Å². The molecule has 0 aromatic carbocycles. The number of aromatic nitrogens is 5. The fourth-order valence-corrected chi connectivity index (χ4v) is 3.46. The van der Waals surface area contributed by atoms with E-state index in [2.05, 4.69) is 37.2 Å². The minimum absolute atomic E-state index is 0.0989. The maximum absolute atomic E-state index is 5.96. The van der Waals surface area contributed by atoms with Gasteiger partial charge in [0.2, 0.25) is 0 Å². The standard InChI is InChI=1S/C18H23N7O/c1-12-8-13(2)25-18(23-12)14(9-22-25)10-24-6-7-26-15(11-24)16-17(19-3)21-5-4-20-16/h4-5,8-9,15H,6-7,10-11H2,1-3H3,(H,19,21). The normalized spacial score (nSPS) is 18.3. The molecule has 0 bridgehead atoms. The lowest BCUT2D eigenvalue weighted by Crippen LogP contribution is -2.38. The maximum Gasteiger partial charge on any atom is 0.159 e. The van der Waals surface area contributed by atoms with Crippen molar-refractivity contribution >= 4 is 11.5 Å². The molecule has 4 heterocycles. The number of ether oxygens (including phenoxy) is 1. The number of hydrogen-bond acceptors (Lipinski definition) is 7. The Kier molecular flexibility index (Phi) is 4.52. The molecule has 136 valence electrons. The van der Waals surface area contributed by atoms with E-state index in [9.17, 15) is 0 Å². The summed E-state index contributed by atoms with van der Waals surface area (Å²) in [7, 11) is 1.85. The Hall–Kier alpha value is -2.58. The SMILES string of the molecule is CNc1nccnc1C1CN(Cc2cnn3c(C)cc(C)nc23)CCO1. The second kappa shape index (κ2) is 6.97. The number of hydrogen-bond donors (Lipinski definition) is 1. The van der Waals surface area contributed by atoms with E-state index in [1.165, 1.54) is 0 Å². The lowest BCUT2D eigenvalue weighted by atomic mass is 10.1. The van der Waals surface area contributed by atoms with Gasteiger partial charge < -0.3 is 10.1 Å². The van der Waals surface area contributed by atoms with Gasteiger partial charge in [-0.3, -0.25) is 9.88 Å². The van der Waals surface area contributed by atoms with Crippen molar-refractivity contribution in [3.05, 3.63) is 47.3 Å². The molecule has 0 aliphatic carbocycles. The zero-order valence-electron chi connectivity index (χ0n) is 15.3. The molecular formula is C18H23N7O. The van der Waals surface area contributed by atoms with Gasteiger partial charge in [-0.15, -0.1) is 0 Å². The number of morpholine rings is 1. The van der Waals surface area contributed by atoms with E-state index in [1.54, 1.807) is 12.4 Å². The van der Waals surface area contributed by atoms with Crippen LogP contribution in [0.4, 0.5) is 5.82 Å². The van der Waals surface area contributed by atoms with Crippen molar-refractivity contribution < 1.29 is 4.74 Å². The third kappa shape index (κ3) is 3.13. The summed E-state index contributed by atoms with van der Waals surface area (Å²) in [5.74, 6) is 0.767. The van der Waals surface area contributed by atoms with E-state index in [1.807, 2.05) is 30.8 Å². The summed E-state index contributed by atoms with van der Waals surface area (Å²) in [6, 6.07) is 2.04. The van der Waals surface area contributed by atoms with Gasteiger partial charge in [0.15, 0.2) is 5.65 Å². The second-order valence-corrected chi connectivity index (χ2v) is 6.58. The number of fused-ring (bicyclic) bond motifs is 1. The largest absolute Gasteiger partial charge is 0.372 e. The van der Waals surface area contributed by atoms with Crippen LogP contribution in [0.15, 0.2) is 24.7 Å². The van der Waals surface area contributed by atoms with Crippen LogP contribution < -0.4 is 5.32 Å². The van der Waals surface area contributed by atoms with Crippen LogP contribution >= 0.6 is 0 Å². The molecule has 26 heavy (non-hydrogen) atoms. The summed E-state index contributed by atoms with van der Waals surface area (Å²) in [6.45, 7) is 7.14. The molecule has 0 spiro atoms. The summed E-state index contributed by atoms with van der Waals surface area (Å²) < 4.78 is 7.87. The molecule has 8 heteroatoms. The molecule has 0 radical (unpaired) electrons. The van der Waals surface area contributed by atoms with E-state index in [0.29, 0.717) is 6.61 Å². The molecule has 1 fully saturated rings. The summed E-state index contributed by atoms with van der Waals surface area (Å²) >= 11 is 0. The Morgan fingerprint density at radius 2 is 2.12 bits per heavy atom. The molecule has 1 unspecified atom stereocenters. The number of aryl methyl sites for hydroxylation is 2. The number of nitrogens with zero attached hydrogens (tertiary/aromatic N) is 6. The van der Waals surface area contributed by atoms with E-state index in [0.717, 1.165) is 53.7 Å². The average molecular weight is 353 g/mol. The maximum atomic E-state index is 5.96. The predicted molar refractivity (Wildman–Crippen MR) is 98.0 cm³/mol. The van der Waals surface area contributed by atoms with Crippen molar-refractivity contribution in [3.8, 4) is 0 Å². The predicted octanol–water partition coefficient (Wildman–Crippen LogP) is 1.75. The van der Waals surface area contributed by atoms with Crippen LogP contribution in [-0.4, -0.2) is 56.2 Å². The molecular weight excluding hydrogens is 330 g/mol. The number of anilines is 1. The highest BCUT2D eigenvalue weighted by molar-refractivity contribution is 5.48. The molecule has 1 aliphatic rings. The van der Waals surface area contributed by atoms with Gasteiger partial charge in [0.05, 0.1) is 12.8 Å². The topological polar surface area (TPSA) is 80.5 Å². The van der Waals surface area contributed by atoms with Crippen molar-refractivity contribution in [3.63, 3.8) is 0 Å². The van der Waals surface area contributed by atoms with Crippen LogP contribution in [0.2, 0.25) is 0 Å². The van der Waals surface area contributed by atoms with Crippen molar-refractivity contribution in [1.82, 2.24) is 29.5 Å². The molecule has 0 saturated carbocycles. The van der Waals surface area contributed by atoms with Gasteiger partial charge in [-0.2, -0.15) is 5.10 Å². The first-order chi connectivity index (χ1) is 12.7. The molecule has 1 saturated heterocycles. The molecule has 4 rings (SSSR count). The van der Waals surface area contributed by atoms with Gasteiger partial charge in [0.25, 0.3) is 0 Å². The number of rotatable bonds is 4. The zero-order valence-corrected chi connectivity index (χ0v) is 15.3. The van der Waals surface area contributed by atoms with Crippen LogP contribution in [0.25, 0.3) is 5.65 Å². The van der Waals surface area contributed by atoms with E-state index >= 15 is 0 Å². The lowest BCUT2D eigenvalue weighted by molar-refractivity contribution is -0.0346. The van der Waals surface area contributed by atoms with E-state index < -0.39 is 0 Å². The Labute approximate surface area is 152 Å². The van der Waals surface area contributed by atoms with Crippen LogP contribution in [0.5, 0.6) is 0 Å². The monoisotopic (exact) mass is 353 g/mol. The number of nitrogens with one attached hydrogen (secondary N) is 1. The van der Waals surface area contributed by atoms with Crippen molar-refractivity contribution in [2.24, 2.45) is 0 Å². The Bertz CT molecular complexity index is 923. The fourth-order valence-electron chi connectivity index (χ4n) is 3.46. The van der Waals surface area contributed by atoms with Gasteiger partial charge >= 0.3 is 0 Å². The molecule has 0 amide bonds. The minimum atomic E-state index is -0.0989. The quantitative estimate of drug-likeness (QED) is 0.765. The van der Waals surface area contributed by atoms with Gasteiger partial charge in [-0.05, 0) is 19.9 Å². The average Bonchev–Trinajstić information content (AvgIpc) is 3.05. The first kappa shape index (κ1) is 16.9. The Balaban J connectivity index is 1.56. The lowest BCUT2D eigenvalue weighted by Gasteiger charge is -2.32. The fraction of sp³-hybridized carbons (Fsp3) is 0.444.